The number of hydrogen-bond acceptors (Lipinski definition) is 3. The van der Waals surface area contributed by atoms with Crippen LogP contribution in [0.2, 0.25) is 0 Å². The second-order valence-electron chi connectivity index (χ2n) is 4.10. The van der Waals surface area contributed by atoms with Crippen molar-refractivity contribution in [1.82, 2.24) is 4.98 Å². The fourth-order valence-corrected chi connectivity index (χ4v) is 3.71. The minimum atomic E-state index is -3.64. The summed E-state index contributed by atoms with van der Waals surface area (Å²) in [6, 6.07) is 6.96. The van der Waals surface area contributed by atoms with E-state index in [-0.39, 0.29) is 4.90 Å². The summed E-state index contributed by atoms with van der Waals surface area (Å²) in [7, 11) is -3.64. The quantitative estimate of drug-likeness (QED) is 0.815. The normalized spacial score (nSPS) is 11.3. The Morgan fingerprint density at radius 3 is 2.55 bits per heavy atom. The summed E-state index contributed by atoms with van der Waals surface area (Å²) in [5, 5.41) is 0. The van der Waals surface area contributed by atoms with Gasteiger partial charge in [0.1, 0.15) is 4.90 Å². The van der Waals surface area contributed by atoms with E-state index >= 15 is 0 Å². The van der Waals surface area contributed by atoms with Gasteiger partial charge in [0, 0.05) is 21.3 Å². The van der Waals surface area contributed by atoms with Gasteiger partial charge in [-0.3, -0.25) is 9.71 Å². The number of rotatable bonds is 4. The van der Waals surface area contributed by atoms with Crippen LogP contribution >= 0.6 is 31.9 Å². The van der Waals surface area contributed by atoms with Crippen molar-refractivity contribution in [3.63, 3.8) is 0 Å². The van der Waals surface area contributed by atoms with Crippen LogP contribution < -0.4 is 4.72 Å². The van der Waals surface area contributed by atoms with E-state index in [1.54, 1.807) is 12.1 Å². The average molecular weight is 420 g/mol. The first kappa shape index (κ1) is 15.5. The second kappa shape index (κ2) is 6.24. The van der Waals surface area contributed by atoms with Gasteiger partial charge >= 0.3 is 0 Å². The van der Waals surface area contributed by atoms with Gasteiger partial charge in [-0.05, 0) is 52.2 Å². The third-order valence-corrected chi connectivity index (χ3v) is 4.94. The van der Waals surface area contributed by atoms with Crippen molar-refractivity contribution >= 4 is 47.6 Å². The standard InChI is InChI=1S/C13H12Br2N2O2S/c1-2-9-5-10(14)3-4-13(9)17-20(18,19)12-6-11(15)7-16-8-12/h3-8,17H,2H2,1H3. The molecule has 0 aliphatic rings. The van der Waals surface area contributed by atoms with Crippen molar-refractivity contribution in [2.24, 2.45) is 0 Å². The number of nitrogens with zero attached hydrogens (tertiary/aromatic N) is 1. The zero-order valence-corrected chi connectivity index (χ0v) is 14.6. The van der Waals surface area contributed by atoms with Crippen LogP contribution in [0, 0.1) is 0 Å². The highest BCUT2D eigenvalue weighted by Crippen LogP contribution is 2.24. The van der Waals surface area contributed by atoms with E-state index in [1.165, 1.54) is 18.5 Å². The largest absolute Gasteiger partial charge is 0.279 e. The van der Waals surface area contributed by atoms with Crippen LogP contribution in [0.1, 0.15) is 12.5 Å². The van der Waals surface area contributed by atoms with Gasteiger partial charge in [-0.1, -0.05) is 22.9 Å². The summed E-state index contributed by atoms with van der Waals surface area (Å²) in [6.07, 6.45) is 3.59. The molecule has 0 unspecified atom stereocenters. The summed E-state index contributed by atoms with van der Waals surface area (Å²) in [5.41, 5.74) is 1.50. The Morgan fingerprint density at radius 2 is 1.90 bits per heavy atom. The second-order valence-corrected chi connectivity index (χ2v) is 7.61. The Balaban J connectivity index is 2.38. The van der Waals surface area contributed by atoms with E-state index in [2.05, 4.69) is 41.6 Å². The van der Waals surface area contributed by atoms with E-state index in [9.17, 15) is 8.42 Å². The lowest BCUT2D eigenvalue weighted by atomic mass is 10.1. The van der Waals surface area contributed by atoms with Crippen molar-refractivity contribution in [1.29, 1.82) is 0 Å². The Kier molecular flexibility index (Phi) is 4.82. The Bertz CT molecular complexity index is 733. The lowest BCUT2D eigenvalue weighted by Crippen LogP contribution is -2.14. The molecule has 1 N–H and O–H groups in total. The number of aromatic nitrogens is 1. The molecular weight excluding hydrogens is 408 g/mol. The van der Waals surface area contributed by atoms with E-state index in [0.717, 1.165) is 16.5 Å². The van der Waals surface area contributed by atoms with Crippen LogP contribution in [0.3, 0.4) is 0 Å². The van der Waals surface area contributed by atoms with Crippen LogP contribution in [-0.2, 0) is 16.4 Å². The predicted molar refractivity (Wildman–Crippen MR) is 86.3 cm³/mol. The fraction of sp³-hybridized carbons (Fsp3) is 0.154. The van der Waals surface area contributed by atoms with Crippen molar-refractivity contribution in [3.05, 3.63) is 51.2 Å². The lowest BCUT2D eigenvalue weighted by molar-refractivity contribution is 0.600. The zero-order valence-electron chi connectivity index (χ0n) is 10.6. The van der Waals surface area contributed by atoms with Gasteiger partial charge in [0.15, 0.2) is 0 Å². The topological polar surface area (TPSA) is 59.1 Å². The highest BCUT2D eigenvalue weighted by molar-refractivity contribution is 9.10. The summed E-state index contributed by atoms with van der Waals surface area (Å²) in [6.45, 7) is 1.97. The molecule has 1 heterocycles. The van der Waals surface area contributed by atoms with Crippen LogP contribution in [0.4, 0.5) is 5.69 Å². The molecule has 2 aromatic rings. The van der Waals surface area contributed by atoms with Gasteiger partial charge in [-0.25, -0.2) is 8.42 Å². The van der Waals surface area contributed by atoms with E-state index in [0.29, 0.717) is 10.2 Å². The van der Waals surface area contributed by atoms with Gasteiger partial charge in [-0.15, -0.1) is 0 Å². The maximum Gasteiger partial charge on any atom is 0.263 e. The first-order valence-corrected chi connectivity index (χ1v) is 8.91. The van der Waals surface area contributed by atoms with Crippen molar-refractivity contribution in [2.45, 2.75) is 18.2 Å². The van der Waals surface area contributed by atoms with Gasteiger partial charge in [0.2, 0.25) is 0 Å². The van der Waals surface area contributed by atoms with Crippen LogP contribution in [0.15, 0.2) is 50.5 Å². The van der Waals surface area contributed by atoms with E-state index in [4.69, 9.17) is 0 Å². The molecule has 7 heteroatoms. The summed E-state index contributed by atoms with van der Waals surface area (Å²) < 4.78 is 28.8. The molecule has 0 bridgehead atoms. The number of aryl methyl sites for hydroxylation is 1. The van der Waals surface area contributed by atoms with Gasteiger partial charge in [0.25, 0.3) is 10.0 Å². The van der Waals surface area contributed by atoms with Crippen LogP contribution in [0.5, 0.6) is 0 Å². The first-order valence-electron chi connectivity index (χ1n) is 5.84. The van der Waals surface area contributed by atoms with Crippen LogP contribution in [0.25, 0.3) is 0 Å². The Hall–Kier alpha value is -0.920. The fourth-order valence-electron chi connectivity index (χ4n) is 1.70. The van der Waals surface area contributed by atoms with Crippen LogP contribution in [-0.4, -0.2) is 13.4 Å². The molecular formula is C13H12Br2N2O2S. The molecule has 1 aromatic heterocycles. The number of halogens is 2. The molecule has 0 amide bonds. The monoisotopic (exact) mass is 418 g/mol. The first-order chi connectivity index (χ1) is 9.42. The van der Waals surface area contributed by atoms with Gasteiger partial charge in [0.05, 0.1) is 5.69 Å². The number of sulfonamides is 1. The molecule has 0 aliphatic carbocycles. The Morgan fingerprint density at radius 1 is 1.15 bits per heavy atom. The molecule has 1 aromatic carbocycles. The molecule has 4 nitrogen and oxygen atoms in total. The molecule has 0 atom stereocenters. The number of anilines is 1. The highest BCUT2D eigenvalue weighted by Gasteiger charge is 2.16. The Labute approximate surface area is 134 Å². The number of pyridine rings is 1. The maximum atomic E-state index is 12.3. The van der Waals surface area contributed by atoms with Crippen molar-refractivity contribution in [2.75, 3.05) is 4.72 Å². The summed E-state index contributed by atoms with van der Waals surface area (Å²) >= 11 is 6.59. The van der Waals surface area contributed by atoms with Crippen molar-refractivity contribution < 1.29 is 8.42 Å². The minimum absolute atomic E-state index is 0.122. The highest BCUT2D eigenvalue weighted by atomic mass is 79.9. The average Bonchev–Trinajstić information content (AvgIpc) is 2.40. The van der Waals surface area contributed by atoms with E-state index in [1.807, 2.05) is 13.0 Å². The smallest absolute Gasteiger partial charge is 0.263 e. The molecule has 2 rings (SSSR count). The van der Waals surface area contributed by atoms with Crippen molar-refractivity contribution in [3.8, 4) is 0 Å². The third kappa shape index (κ3) is 3.59. The molecule has 106 valence electrons. The molecule has 0 spiro atoms. The lowest BCUT2D eigenvalue weighted by Gasteiger charge is -2.12. The third-order valence-electron chi connectivity index (χ3n) is 2.68. The number of hydrogen-bond donors (Lipinski definition) is 1. The predicted octanol–water partition coefficient (Wildman–Crippen LogP) is 3.97. The SMILES string of the molecule is CCc1cc(Br)ccc1NS(=O)(=O)c1cncc(Br)c1. The molecule has 0 aliphatic heterocycles. The van der Waals surface area contributed by atoms with Gasteiger partial charge < -0.3 is 0 Å². The zero-order chi connectivity index (χ0) is 14.8. The molecule has 20 heavy (non-hydrogen) atoms. The molecule has 0 radical (unpaired) electrons. The van der Waals surface area contributed by atoms with E-state index < -0.39 is 10.0 Å². The minimum Gasteiger partial charge on any atom is -0.279 e. The molecule has 0 saturated carbocycles. The summed E-state index contributed by atoms with van der Waals surface area (Å²) in [4.78, 5) is 4.00. The van der Waals surface area contributed by atoms with Gasteiger partial charge in [-0.2, -0.15) is 0 Å². The summed E-state index contributed by atoms with van der Waals surface area (Å²) in [5.74, 6) is 0. The number of nitrogens with one attached hydrogen (secondary N) is 1. The molecule has 0 fully saturated rings. The number of benzene rings is 1. The molecule has 0 saturated heterocycles. The maximum absolute atomic E-state index is 12.3.